The van der Waals surface area contributed by atoms with Gasteiger partial charge in [0, 0.05) is 18.5 Å². The van der Waals surface area contributed by atoms with Crippen LogP contribution >= 0.6 is 0 Å². The number of aryl methyl sites for hydroxylation is 1. The van der Waals surface area contributed by atoms with Crippen molar-refractivity contribution in [2.75, 3.05) is 13.1 Å². The number of carbonyl (C=O) groups is 1. The number of nitrogens with one attached hydrogen (secondary N) is 2. The highest BCUT2D eigenvalue weighted by Gasteiger charge is 2.31. The molecule has 0 radical (unpaired) electrons. The Balaban J connectivity index is 2.22. The first kappa shape index (κ1) is 10.0. The lowest BCUT2D eigenvalue weighted by molar-refractivity contribution is 0.225. The summed E-state index contributed by atoms with van der Waals surface area (Å²) in [5, 5.41) is 5.67. The molecule has 0 atom stereocenters. The van der Waals surface area contributed by atoms with Crippen molar-refractivity contribution in [1.29, 1.82) is 0 Å². The van der Waals surface area contributed by atoms with E-state index in [0.29, 0.717) is 13.1 Å². The smallest absolute Gasteiger partial charge is 0.314 e. The van der Waals surface area contributed by atoms with Crippen LogP contribution in [0.4, 0.5) is 4.79 Å². The van der Waals surface area contributed by atoms with Crippen LogP contribution in [0.25, 0.3) is 0 Å². The molecular weight excluding hydrogens is 188 g/mol. The minimum Gasteiger partial charge on any atom is -0.337 e. The van der Waals surface area contributed by atoms with Crippen molar-refractivity contribution in [1.82, 2.24) is 10.6 Å². The summed E-state index contributed by atoms with van der Waals surface area (Å²) in [4.78, 5) is 11.0. The highest BCUT2D eigenvalue weighted by molar-refractivity contribution is 5.75. The molecule has 15 heavy (non-hydrogen) atoms. The Morgan fingerprint density at radius 3 is 2.20 bits per heavy atom. The van der Waals surface area contributed by atoms with Gasteiger partial charge in [-0.05, 0) is 12.5 Å². The summed E-state index contributed by atoms with van der Waals surface area (Å²) < 4.78 is 0. The van der Waals surface area contributed by atoms with Crippen LogP contribution < -0.4 is 10.6 Å². The van der Waals surface area contributed by atoms with Gasteiger partial charge in [0.2, 0.25) is 0 Å². The summed E-state index contributed by atoms with van der Waals surface area (Å²) in [7, 11) is 0. The molecular formula is C12H16N2O. The third-order valence-corrected chi connectivity index (χ3v) is 3.03. The Kier molecular flexibility index (Phi) is 2.39. The first-order valence-corrected chi connectivity index (χ1v) is 5.19. The van der Waals surface area contributed by atoms with Gasteiger partial charge in [-0.15, -0.1) is 0 Å². The minimum absolute atomic E-state index is 0.00160. The monoisotopic (exact) mass is 204 g/mol. The van der Waals surface area contributed by atoms with Crippen LogP contribution in [0.15, 0.2) is 24.3 Å². The molecule has 2 rings (SSSR count). The number of rotatable bonds is 1. The molecule has 0 spiro atoms. The third kappa shape index (κ3) is 1.96. The van der Waals surface area contributed by atoms with Crippen molar-refractivity contribution < 1.29 is 4.79 Å². The Bertz CT molecular complexity index is 360. The van der Waals surface area contributed by atoms with E-state index < -0.39 is 0 Å². The summed E-state index contributed by atoms with van der Waals surface area (Å²) in [6.07, 6.45) is 0. The van der Waals surface area contributed by atoms with Crippen molar-refractivity contribution in [3.05, 3.63) is 35.4 Å². The molecule has 0 bridgehead atoms. The van der Waals surface area contributed by atoms with E-state index in [1.807, 2.05) is 0 Å². The molecule has 2 amide bonds. The van der Waals surface area contributed by atoms with Gasteiger partial charge in [-0.25, -0.2) is 4.79 Å². The van der Waals surface area contributed by atoms with Crippen LogP contribution in [0.1, 0.15) is 18.1 Å². The normalized spacial score (nSPS) is 19.2. The first-order chi connectivity index (χ1) is 7.10. The van der Waals surface area contributed by atoms with E-state index in [0.717, 1.165) is 0 Å². The Hall–Kier alpha value is -1.51. The molecule has 1 saturated heterocycles. The van der Waals surface area contributed by atoms with Gasteiger partial charge >= 0.3 is 6.03 Å². The van der Waals surface area contributed by atoms with Crippen LogP contribution in [0.5, 0.6) is 0 Å². The second-order valence-electron chi connectivity index (χ2n) is 4.46. The fraction of sp³-hybridized carbons (Fsp3) is 0.417. The largest absolute Gasteiger partial charge is 0.337 e. The minimum atomic E-state index is -0.0698. The third-order valence-electron chi connectivity index (χ3n) is 3.03. The molecule has 2 N–H and O–H groups in total. The zero-order valence-electron chi connectivity index (χ0n) is 9.13. The average molecular weight is 204 g/mol. The molecule has 1 aliphatic heterocycles. The zero-order valence-corrected chi connectivity index (χ0v) is 9.13. The number of benzene rings is 1. The van der Waals surface area contributed by atoms with Gasteiger partial charge in [0.1, 0.15) is 0 Å². The van der Waals surface area contributed by atoms with Gasteiger partial charge in [0.05, 0.1) is 0 Å². The average Bonchev–Trinajstić information content (AvgIpc) is 2.24. The van der Waals surface area contributed by atoms with E-state index >= 15 is 0 Å². The van der Waals surface area contributed by atoms with Gasteiger partial charge in [-0.2, -0.15) is 0 Å². The van der Waals surface area contributed by atoms with E-state index in [9.17, 15) is 4.79 Å². The van der Waals surface area contributed by atoms with Crippen LogP contribution in [-0.2, 0) is 5.41 Å². The van der Waals surface area contributed by atoms with Gasteiger partial charge in [-0.1, -0.05) is 36.8 Å². The lowest BCUT2D eigenvalue weighted by atomic mass is 9.81. The maximum Gasteiger partial charge on any atom is 0.314 e. The Morgan fingerprint density at radius 2 is 1.67 bits per heavy atom. The fourth-order valence-corrected chi connectivity index (χ4v) is 1.84. The summed E-state index contributed by atoms with van der Waals surface area (Å²) >= 11 is 0. The van der Waals surface area contributed by atoms with E-state index in [2.05, 4.69) is 48.7 Å². The second-order valence-corrected chi connectivity index (χ2v) is 4.46. The number of hydrogen-bond acceptors (Lipinski definition) is 1. The van der Waals surface area contributed by atoms with Crippen molar-refractivity contribution in [3.63, 3.8) is 0 Å². The molecule has 80 valence electrons. The van der Waals surface area contributed by atoms with Crippen LogP contribution in [0.2, 0.25) is 0 Å². The first-order valence-electron chi connectivity index (χ1n) is 5.19. The van der Waals surface area contributed by atoms with Gasteiger partial charge < -0.3 is 10.6 Å². The maximum atomic E-state index is 11.0. The number of amides is 2. The topological polar surface area (TPSA) is 41.1 Å². The van der Waals surface area contributed by atoms with Crippen molar-refractivity contribution in [3.8, 4) is 0 Å². The summed E-state index contributed by atoms with van der Waals surface area (Å²) in [6.45, 7) is 5.63. The molecule has 3 heteroatoms. The predicted molar refractivity (Wildman–Crippen MR) is 59.9 cm³/mol. The summed E-state index contributed by atoms with van der Waals surface area (Å²) in [5.41, 5.74) is 2.53. The van der Waals surface area contributed by atoms with E-state index in [-0.39, 0.29) is 11.4 Å². The second kappa shape index (κ2) is 3.57. The lowest BCUT2D eigenvalue weighted by Gasteiger charge is -2.34. The number of hydrogen-bond donors (Lipinski definition) is 2. The quantitative estimate of drug-likeness (QED) is 0.716. The molecule has 0 aliphatic carbocycles. The highest BCUT2D eigenvalue weighted by Crippen LogP contribution is 2.24. The van der Waals surface area contributed by atoms with E-state index in [4.69, 9.17) is 0 Å². The van der Waals surface area contributed by atoms with Crippen LogP contribution in [0.3, 0.4) is 0 Å². The molecule has 1 fully saturated rings. The molecule has 1 aliphatic rings. The van der Waals surface area contributed by atoms with E-state index in [1.165, 1.54) is 11.1 Å². The predicted octanol–water partition coefficient (Wildman–Crippen LogP) is 1.57. The molecule has 1 heterocycles. The molecule has 1 aromatic rings. The molecule has 1 aromatic carbocycles. The zero-order chi connectivity index (χ0) is 10.9. The van der Waals surface area contributed by atoms with Gasteiger partial charge in [0.15, 0.2) is 0 Å². The fourth-order valence-electron chi connectivity index (χ4n) is 1.84. The number of urea groups is 1. The SMILES string of the molecule is Cc1ccc(C2(C)CNC(=O)NC2)cc1. The Morgan fingerprint density at radius 1 is 1.13 bits per heavy atom. The Labute approximate surface area is 89.9 Å². The highest BCUT2D eigenvalue weighted by atomic mass is 16.2. The lowest BCUT2D eigenvalue weighted by Crippen LogP contribution is -2.55. The molecule has 3 nitrogen and oxygen atoms in total. The maximum absolute atomic E-state index is 11.0. The molecule has 0 aromatic heterocycles. The van der Waals surface area contributed by atoms with Gasteiger partial charge in [0.25, 0.3) is 0 Å². The number of carbonyl (C=O) groups excluding carboxylic acids is 1. The van der Waals surface area contributed by atoms with Crippen LogP contribution in [-0.4, -0.2) is 19.1 Å². The van der Waals surface area contributed by atoms with E-state index in [1.54, 1.807) is 0 Å². The van der Waals surface area contributed by atoms with Crippen molar-refractivity contribution >= 4 is 6.03 Å². The summed E-state index contributed by atoms with van der Waals surface area (Å²) in [5.74, 6) is 0. The van der Waals surface area contributed by atoms with Crippen molar-refractivity contribution in [2.45, 2.75) is 19.3 Å². The van der Waals surface area contributed by atoms with Gasteiger partial charge in [-0.3, -0.25) is 0 Å². The van der Waals surface area contributed by atoms with Crippen molar-refractivity contribution in [2.24, 2.45) is 0 Å². The summed E-state index contributed by atoms with van der Waals surface area (Å²) in [6, 6.07) is 8.41. The van der Waals surface area contributed by atoms with Crippen LogP contribution in [0, 0.1) is 6.92 Å². The molecule has 0 saturated carbocycles. The molecule has 0 unspecified atom stereocenters. The standard InChI is InChI=1S/C12H16N2O/c1-9-3-5-10(6-4-9)12(2)7-13-11(15)14-8-12/h3-6H,7-8H2,1-2H3,(H2,13,14,15).